The maximum Gasteiger partial charge on any atom is 0.263 e. The Morgan fingerprint density at radius 3 is 2.57 bits per heavy atom. The van der Waals surface area contributed by atoms with Gasteiger partial charge in [0.15, 0.2) is 0 Å². The van der Waals surface area contributed by atoms with E-state index in [1.807, 2.05) is 19.9 Å². The van der Waals surface area contributed by atoms with Gasteiger partial charge in [-0.05, 0) is 43.7 Å². The minimum atomic E-state index is -3.64. The second-order valence-corrected chi connectivity index (χ2v) is 7.02. The van der Waals surface area contributed by atoms with Gasteiger partial charge in [-0.25, -0.2) is 13.4 Å². The molecule has 0 aliphatic carbocycles. The van der Waals surface area contributed by atoms with E-state index in [1.165, 1.54) is 12.3 Å². The molecule has 1 aromatic carbocycles. The molecule has 0 bridgehead atoms. The van der Waals surface area contributed by atoms with Crippen LogP contribution in [0.3, 0.4) is 0 Å². The number of anilines is 2. The van der Waals surface area contributed by atoms with E-state index < -0.39 is 10.0 Å². The average Bonchev–Trinajstić information content (AvgIpc) is 2.44. The van der Waals surface area contributed by atoms with E-state index in [-0.39, 0.29) is 4.90 Å². The number of aromatic nitrogens is 1. The summed E-state index contributed by atoms with van der Waals surface area (Å²) in [4.78, 5) is 4.19. The topological polar surface area (TPSA) is 71.1 Å². The SMILES string of the molecule is CCNc1ccc(S(=O)(=O)Nc2ccc(C)c(Br)c2)cn1. The van der Waals surface area contributed by atoms with E-state index in [9.17, 15) is 8.42 Å². The molecule has 0 amide bonds. The molecule has 7 heteroatoms. The lowest BCUT2D eigenvalue weighted by atomic mass is 10.2. The Kier molecular flexibility index (Phi) is 4.84. The second-order valence-electron chi connectivity index (χ2n) is 4.48. The Hall–Kier alpha value is -1.60. The smallest absolute Gasteiger partial charge is 0.263 e. The molecule has 112 valence electrons. The minimum Gasteiger partial charge on any atom is -0.370 e. The van der Waals surface area contributed by atoms with Gasteiger partial charge < -0.3 is 5.32 Å². The summed E-state index contributed by atoms with van der Waals surface area (Å²) in [6.07, 6.45) is 1.34. The summed E-state index contributed by atoms with van der Waals surface area (Å²) in [5.41, 5.74) is 1.54. The van der Waals surface area contributed by atoms with Crippen molar-refractivity contribution in [2.24, 2.45) is 0 Å². The number of sulfonamides is 1. The van der Waals surface area contributed by atoms with Crippen LogP contribution in [0.4, 0.5) is 11.5 Å². The zero-order chi connectivity index (χ0) is 15.5. The van der Waals surface area contributed by atoms with Crippen molar-refractivity contribution in [3.63, 3.8) is 0 Å². The molecule has 0 atom stereocenters. The van der Waals surface area contributed by atoms with E-state index in [0.717, 1.165) is 16.6 Å². The maximum atomic E-state index is 12.3. The Labute approximate surface area is 133 Å². The maximum absolute atomic E-state index is 12.3. The Bertz CT molecular complexity index is 730. The van der Waals surface area contributed by atoms with E-state index in [0.29, 0.717) is 11.5 Å². The van der Waals surface area contributed by atoms with Crippen LogP contribution >= 0.6 is 15.9 Å². The van der Waals surface area contributed by atoms with Crippen LogP contribution in [0.5, 0.6) is 0 Å². The van der Waals surface area contributed by atoms with Gasteiger partial charge in [-0.3, -0.25) is 4.72 Å². The number of halogens is 1. The molecule has 2 N–H and O–H groups in total. The zero-order valence-corrected chi connectivity index (χ0v) is 14.1. The lowest BCUT2D eigenvalue weighted by Crippen LogP contribution is -2.13. The highest BCUT2D eigenvalue weighted by Gasteiger charge is 2.15. The third-order valence-corrected chi connectivity index (χ3v) is 5.05. The molecule has 0 aliphatic rings. The van der Waals surface area contributed by atoms with Gasteiger partial charge in [-0.2, -0.15) is 0 Å². The second kappa shape index (κ2) is 6.44. The average molecular weight is 370 g/mol. The summed E-state index contributed by atoms with van der Waals surface area (Å²) in [6, 6.07) is 8.46. The van der Waals surface area contributed by atoms with Crippen LogP contribution in [0.25, 0.3) is 0 Å². The van der Waals surface area contributed by atoms with Crippen LogP contribution in [0.15, 0.2) is 45.9 Å². The highest BCUT2D eigenvalue weighted by molar-refractivity contribution is 9.10. The van der Waals surface area contributed by atoms with E-state index in [4.69, 9.17) is 0 Å². The van der Waals surface area contributed by atoms with Gasteiger partial charge in [-0.1, -0.05) is 22.0 Å². The van der Waals surface area contributed by atoms with E-state index in [1.54, 1.807) is 18.2 Å². The third kappa shape index (κ3) is 3.95. The van der Waals surface area contributed by atoms with Gasteiger partial charge in [0.2, 0.25) is 0 Å². The highest BCUT2D eigenvalue weighted by Crippen LogP contribution is 2.23. The molecular formula is C14H16BrN3O2S. The number of hydrogen-bond acceptors (Lipinski definition) is 4. The molecule has 0 aliphatic heterocycles. The van der Waals surface area contributed by atoms with Crippen LogP contribution in [-0.2, 0) is 10.0 Å². The van der Waals surface area contributed by atoms with E-state index >= 15 is 0 Å². The summed E-state index contributed by atoms with van der Waals surface area (Å²) < 4.78 is 27.9. The molecular weight excluding hydrogens is 354 g/mol. The van der Waals surface area contributed by atoms with Gasteiger partial charge in [0, 0.05) is 22.9 Å². The van der Waals surface area contributed by atoms with Crippen molar-refractivity contribution in [1.82, 2.24) is 4.98 Å². The molecule has 0 saturated heterocycles. The zero-order valence-electron chi connectivity index (χ0n) is 11.7. The molecule has 0 saturated carbocycles. The predicted octanol–water partition coefficient (Wildman–Crippen LogP) is 3.39. The summed E-state index contributed by atoms with van der Waals surface area (Å²) in [5.74, 6) is 0.648. The fraction of sp³-hybridized carbons (Fsp3) is 0.214. The van der Waals surface area contributed by atoms with Crippen molar-refractivity contribution in [2.45, 2.75) is 18.7 Å². The van der Waals surface area contributed by atoms with Gasteiger partial charge in [0.1, 0.15) is 10.7 Å². The number of aryl methyl sites for hydroxylation is 1. The van der Waals surface area contributed by atoms with Crippen LogP contribution in [0, 0.1) is 6.92 Å². The molecule has 21 heavy (non-hydrogen) atoms. The fourth-order valence-electron chi connectivity index (χ4n) is 1.70. The number of rotatable bonds is 5. The van der Waals surface area contributed by atoms with E-state index in [2.05, 4.69) is 31.0 Å². The molecule has 2 aromatic rings. The van der Waals surface area contributed by atoms with Crippen molar-refractivity contribution in [1.29, 1.82) is 0 Å². The monoisotopic (exact) mass is 369 g/mol. The highest BCUT2D eigenvalue weighted by atomic mass is 79.9. The molecule has 0 spiro atoms. The van der Waals surface area contributed by atoms with Crippen molar-refractivity contribution in [3.8, 4) is 0 Å². The number of pyridine rings is 1. The lowest BCUT2D eigenvalue weighted by Gasteiger charge is -2.10. The van der Waals surface area contributed by atoms with Gasteiger partial charge in [0.25, 0.3) is 10.0 Å². The summed E-state index contributed by atoms with van der Waals surface area (Å²) in [7, 11) is -3.64. The quantitative estimate of drug-likeness (QED) is 0.847. The molecule has 0 unspecified atom stereocenters. The number of nitrogens with zero attached hydrogens (tertiary/aromatic N) is 1. The number of nitrogens with one attached hydrogen (secondary N) is 2. The first kappa shape index (κ1) is 15.8. The number of hydrogen-bond donors (Lipinski definition) is 2. The molecule has 1 heterocycles. The number of benzene rings is 1. The first-order valence-corrected chi connectivity index (χ1v) is 8.69. The first-order valence-electron chi connectivity index (χ1n) is 6.41. The minimum absolute atomic E-state index is 0.126. The van der Waals surface area contributed by atoms with Gasteiger partial charge >= 0.3 is 0 Å². The Morgan fingerprint density at radius 1 is 1.24 bits per heavy atom. The van der Waals surface area contributed by atoms with Crippen molar-refractivity contribution >= 4 is 37.5 Å². The Morgan fingerprint density at radius 2 is 2.00 bits per heavy atom. The van der Waals surface area contributed by atoms with Crippen molar-refractivity contribution in [2.75, 3.05) is 16.6 Å². The summed E-state index contributed by atoms with van der Waals surface area (Å²) >= 11 is 3.38. The molecule has 0 fully saturated rings. The normalized spacial score (nSPS) is 11.2. The van der Waals surface area contributed by atoms with Gasteiger partial charge in [0.05, 0.1) is 0 Å². The van der Waals surface area contributed by atoms with Crippen LogP contribution in [-0.4, -0.2) is 19.9 Å². The third-order valence-electron chi connectivity index (χ3n) is 2.83. The molecule has 5 nitrogen and oxygen atoms in total. The summed E-state index contributed by atoms with van der Waals surface area (Å²) in [5, 5.41) is 3.02. The summed E-state index contributed by atoms with van der Waals surface area (Å²) in [6.45, 7) is 4.61. The fourth-order valence-corrected chi connectivity index (χ4v) is 3.07. The van der Waals surface area contributed by atoms with Crippen LogP contribution < -0.4 is 10.0 Å². The standard InChI is InChI=1S/C14H16BrN3O2S/c1-3-16-14-7-6-12(9-17-14)21(19,20)18-11-5-4-10(2)13(15)8-11/h4-9,18H,3H2,1-2H3,(H,16,17). The van der Waals surface area contributed by atoms with Crippen LogP contribution in [0.2, 0.25) is 0 Å². The first-order chi connectivity index (χ1) is 9.92. The largest absolute Gasteiger partial charge is 0.370 e. The van der Waals surface area contributed by atoms with Crippen molar-refractivity contribution < 1.29 is 8.42 Å². The molecule has 0 radical (unpaired) electrons. The molecule has 2 rings (SSSR count). The van der Waals surface area contributed by atoms with Crippen LogP contribution in [0.1, 0.15) is 12.5 Å². The van der Waals surface area contributed by atoms with Crippen molar-refractivity contribution in [3.05, 3.63) is 46.6 Å². The Balaban J connectivity index is 2.23. The predicted molar refractivity (Wildman–Crippen MR) is 88.1 cm³/mol. The molecule has 1 aromatic heterocycles. The lowest BCUT2D eigenvalue weighted by molar-refractivity contribution is 0.601. The van der Waals surface area contributed by atoms with Gasteiger partial charge in [-0.15, -0.1) is 0 Å².